The van der Waals surface area contributed by atoms with Crippen LogP contribution < -0.4 is 4.74 Å². The third-order valence-corrected chi connectivity index (χ3v) is 2.92. The van der Waals surface area contributed by atoms with Gasteiger partial charge in [0.05, 0.1) is 12.8 Å². The van der Waals surface area contributed by atoms with Gasteiger partial charge >= 0.3 is 0 Å². The molecule has 0 saturated carbocycles. The van der Waals surface area contributed by atoms with E-state index in [4.69, 9.17) is 4.74 Å². The fourth-order valence-electron chi connectivity index (χ4n) is 2.17. The maximum absolute atomic E-state index is 11.6. The number of hydrogen-bond acceptors (Lipinski definition) is 2. The number of rotatable bonds is 3. The van der Waals surface area contributed by atoms with Crippen LogP contribution in [0.1, 0.15) is 37.3 Å². The zero-order valence-corrected chi connectivity index (χ0v) is 10.7. The third-order valence-electron chi connectivity index (χ3n) is 2.92. The molecule has 0 unspecified atom stereocenters. The van der Waals surface area contributed by atoms with E-state index in [-0.39, 0.29) is 11.8 Å². The summed E-state index contributed by atoms with van der Waals surface area (Å²) in [6.07, 6.45) is 0. The van der Waals surface area contributed by atoms with Crippen LogP contribution in [0, 0.1) is 0 Å². The molecule has 0 fully saturated rings. The quantitative estimate of drug-likeness (QED) is 0.758. The van der Waals surface area contributed by atoms with Crippen LogP contribution in [0.3, 0.4) is 0 Å². The molecule has 0 spiro atoms. The summed E-state index contributed by atoms with van der Waals surface area (Å²) in [5.41, 5.74) is 1.83. The van der Waals surface area contributed by atoms with Crippen LogP contribution in [0.15, 0.2) is 24.3 Å². The summed E-state index contributed by atoms with van der Waals surface area (Å²) in [6.45, 7) is 5.76. The summed E-state index contributed by atoms with van der Waals surface area (Å²) >= 11 is 0. The molecule has 3 nitrogen and oxygen atoms in total. The fourth-order valence-corrected chi connectivity index (χ4v) is 2.17. The van der Waals surface area contributed by atoms with Crippen LogP contribution in [0.25, 0.3) is 10.9 Å². The van der Waals surface area contributed by atoms with Gasteiger partial charge in [0.2, 0.25) is 0 Å². The molecule has 0 aliphatic carbocycles. The van der Waals surface area contributed by atoms with Crippen LogP contribution in [-0.4, -0.2) is 17.5 Å². The Labute approximate surface area is 101 Å². The molecule has 0 saturated heterocycles. The maximum atomic E-state index is 11.6. The number of nitrogens with zero attached hydrogens (tertiary/aromatic N) is 1. The number of ether oxygens (including phenoxy) is 1. The molecule has 0 aliphatic rings. The molecule has 0 radical (unpaired) electrons. The van der Waals surface area contributed by atoms with Crippen molar-refractivity contribution in [2.45, 2.75) is 26.8 Å². The lowest BCUT2D eigenvalue weighted by Crippen LogP contribution is -2.08. The Balaban J connectivity index is 2.74. The number of carbonyl (C=O) groups is 1. The van der Waals surface area contributed by atoms with Crippen molar-refractivity contribution in [2.24, 2.45) is 0 Å². The van der Waals surface area contributed by atoms with E-state index >= 15 is 0 Å². The molecule has 90 valence electrons. The highest BCUT2D eigenvalue weighted by Gasteiger charge is 2.14. The minimum Gasteiger partial charge on any atom is -0.497 e. The first kappa shape index (κ1) is 11.7. The average Bonchev–Trinajstić information content (AvgIpc) is 2.66. The summed E-state index contributed by atoms with van der Waals surface area (Å²) in [7, 11) is 1.65. The highest BCUT2D eigenvalue weighted by atomic mass is 16.5. The van der Waals surface area contributed by atoms with Crippen LogP contribution >= 0.6 is 0 Å². The Morgan fingerprint density at radius 2 is 2.00 bits per heavy atom. The third kappa shape index (κ3) is 1.93. The SMILES string of the molecule is COc1ccc2c(c1)cc(C(C)=O)n2C(C)C. The summed E-state index contributed by atoms with van der Waals surface area (Å²) in [5.74, 6) is 0.905. The molecule has 1 aromatic carbocycles. The van der Waals surface area contributed by atoms with Gasteiger partial charge in [-0.05, 0) is 38.1 Å². The van der Waals surface area contributed by atoms with Gasteiger partial charge in [0, 0.05) is 23.9 Å². The van der Waals surface area contributed by atoms with Crippen LogP contribution in [0.5, 0.6) is 5.75 Å². The van der Waals surface area contributed by atoms with Crippen molar-refractivity contribution in [2.75, 3.05) is 7.11 Å². The van der Waals surface area contributed by atoms with Gasteiger partial charge < -0.3 is 9.30 Å². The summed E-state index contributed by atoms with van der Waals surface area (Å²) in [4.78, 5) is 11.6. The van der Waals surface area contributed by atoms with Gasteiger partial charge in [-0.1, -0.05) is 0 Å². The number of fused-ring (bicyclic) bond motifs is 1. The van der Waals surface area contributed by atoms with Crippen molar-refractivity contribution in [3.05, 3.63) is 30.0 Å². The topological polar surface area (TPSA) is 31.2 Å². The van der Waals surface area contributed by atoms with Gasteiger partial charge in [0.25, 0.3) is 0 Å². The normalized spacial score (nSPS) is 11.1. The van der Waals surface area contributed by atoms with Crippen molar-refractivity contribution in [1.82, 2.24) is 4.57 Å². The van der Waals surface area contributed by atoms with Crippen molar-refractivity contribution in [3.63, 3.8) is 0 Å². The Morgan fingerprint density at radius 3 is 2.53 bits per heavy atom. The predicted octanol–water partition coefficient (Wildman–Crippen LogP) is 3.43. The highest BCUT2D eigenvalue weighted by molar-refractivity contribution is 5.99. The van der Waals surface area contributed by atoms with Crippen molar-refractivity contribution in [3.8, 4) is 5.75 Å². The maximum Gasteiger partial charge on any atom is 0.176 e. The largest absolute Gasteiger partial charge is 0.497 e. The lowest BCUT2D eigenvalue weighted by atomic mass is 10.2. The fraction of sp³-hybridized carbons (Fsp3) is 0.357. The van der Waals surface area contributed by atoms with Crippen LogP contribution in [0.2, 0.25) is 0 Å². The first-order valence-corrected chi connectivity index (χ1v) is 5.74. The molecule has 0 atom stereocenters. The molecular weight excluding hydrogens is 214 g/mol. The zero-order chi connectivity index (χ0) is 12.6. The van der Waals surface area contributed by atoms with Gasteiger partial charge in [0.15, 0.2) is 5.78 Å². The van der Waals surface area contributed by atoms with Crippen LogP contribution in [0.4, 0.5) is 0 Å². The molecule has 0 aliphatic heterocycles. The van der Waals surface area contributed by atoms with Gasteiger partial charge in [-0.25, -0.2) is 0 Å². The number of carbonyl (C=O) groups excluding carboxylic acids is 1. The van der Waals surface area contributed by atoms with E-state index in [1.807, 2.05) is 24.3 Å². The Kier molecular flexibility index (Phi) is 2.92. The second-order valence-corrected chi connectivity index (χ2v) is 4.47. The smallest absolute Gasteiger partial charge is 0.176 e. The number of aromatic nitrogens is 1. The monoisotopic (exact) mass is 231 g/mol. The zero-order valence-electron chi connectivity index (χ0n) is 10.7. The molecule has 1 heterocycles. The van der Waals surface area contributed by atoms with Gasteiger partial charge in [-0.15, -0.1) is 0 Å². The summed E-state index contributed by atoms with van der Waals surface area (Å²) < 4.78 is 7.26. The molecule has 0 N–H and O–H groups in total. The molecule has 3 heteroatoms. The Bertz CT molecular complexity index is 567. The van der Waals surface area contributed by atoms with Crippen LogP contribution in [-0.2, 0) is 0 Å². The van der Waals surface area contributed by atoms with Gasteiger partial charge in [0.1, 0.15) is 5.75 Å². The molecule has 1 aromatic heterocycles. The van der Waals surface area contributed by atoms with E-state index in [1.165, 1.54) is 0 Å². The van der Waals surface area contributed by atoms with Gasteiger partial charge in [-0.3, -0.25) is 4.79 Å². The second kappa shape index (κ2) is 4.24. The predicted molar refractivity (Wildman–Crippen MR) is 68.9 cm³/mol. The molecule has 0 amide bonds. The number of benzene rings is 1. The lowest BCUT2D eigenvalue weighted by molar-refractivity contribution is 0.100. The first-order valence-electron chi connectivity index (χ1n) is 5.74. The van der Waals surface area contributed by atoms with E-state index < -0.39 is 0 Å². The number of hydrogen-bond donors (Lipinski definition) is 0. The highest BCUT2D eigenvalue weighted by Crippen LogP contribution is 2.27. The van der Waals surface area contributed by atoms with E-state index in [2.05, 4.69) is 18.4 Å². The number of ketones is 1. The molecule has 0 bridgehead atoms. The van der Waals surface area contributed by atoms with Crippen molar-refractivity contribution < 1.29 is 9.53 Å². The van der Waals surface area contributed by atoms with Crippen molar-refractivity contribution in [1.29, 1.82) is 0 Å². The summed E-state index contributed by atoms with van der Waals surface area (Å²) in [5, 5.41) is 1.04. The average molecular weight is 231 g/mol. The Morgan fingerprint density at radius 1 is 1.29 bits per heavy atom. The minimum atomic E-state index is 0.0915. The van der Waals surface area contributed by atoms with E-state index in [0.29, 0.717) is 0 Å². The Hall–Kier alpha value is -1.77. The first-order chi connectivity index (χ1) is 8.04. The molecular formula is C14H17NO2. The molecule has 2 rings (SSSR count). The lowest BCUT2D eigenvalue weighted by Gasteiger charge is -2.13. The molecule has 17 heavy (non-hydrogen) atoms. The van der Waals surface area contributed by atoms with Gasteiger partial charge in [-0.2, -0.15) is 0 Å². The molecule has 2 aromatic rings. The standard InChI is InChI=1S/C14H17NO2/c1-9(2)15-13-6-5-12(17-4)7-11(13)8-14(15)10(3)16/h5-9H,1-4H3. The summed E-state index contributed by atoms with van der Waals surface area (Å²) in [6, 6.07) is 8.08. The minimum absolute atomic E-state index is 0.0915. The van der Waals surface area contributed by atoms with E-state index in [9.17, 15) is 4.79 Å². The van der Waals surface area contributed by atoms with E-state index in [1.54, 1.807) is 14.0 Å². The second-order valence-electron chi connectivity index (χ2n) is 4.47. The number of Topliss-reactive ketones (excluding diaryl/α,β-unsaturated/α-hetero) is 1. The van der Waals surface area contributed by atoms with Crippen molar-refractivity contribution >= 4 is 16.7 Å². The van der Waals surface area contributed by atoms with E-state index in [0.717, 1.165) is 22.3 Å². The number of methoxy groups -OCH3 is 1.